The monoisotopic (exact) mass is 325 g/mol. The first-order chi connectivity index (χ1) is 7.39. The van der Waals surface area contributed by atoms with Gasteiger partial charge in [-0.05, 0) is 40.9 Å². The fourth-order valence-corrected chi connectivity index (χ4v) is 4.86. The van der Waals surface area contributed by atoms with Crippen LogP contribution in [0.1, 0.15) is 25.3 Å². The van der Waals surface area contributed by atoms with Gasteiger partial charge in [0.2, 0.25) is 0 Å². The molecule has 1 aromatic rings. The molecule has 0 saturated carbocycles. The molecule has 1 rings (SSSR count). The van der Waals surface area contributed by atoms with Gasteiger partial charge in [-0.15, -0.1) is 11.3 Å². The largest absolute Gasteiger partial charge is 0.252 e. The quantitative estimate of drug-likeness (QED) is 0.833. The van der Waals surface area contributed by atoms with Crippen LogP contribution in [0, 0.1) is 6.92 Å². The average Bonchev–Trinajstić information content (AvgIpc) is 2.56. The summed E-state index contributed by atoms with van der Waals surface area (Å²) in [4.78, 5) is 0. The van der Waals surface area contributed by atoms with Gasteiger partial charge >= 0.3 is 0 Å². The third-order valence-corrected chi connectivity index (χ3v) is 6.77. The molecule has 0 amide bonds. The number of unbranched alkanes of at least 4 members (excludes halogenated alkanes) is 1. The Hall–Kier alpha value is 0.0900. The van der Waals surface area contributed by atoms with Crippen LogP contribution in [0.4, 0.5) is 0 Å². The maximum atomic E-state index is 12.1. The fraction of sp³-hybridized carbons (Fsp3) is 0.600. The molecule has 0 aliphatic heterocycles. The van der Waals surface area contributed by atoms with Gasteiger partial charge in [-0.2, -0.15) is 0 Å². The van der Waals surface area contributed by atoms with Gasteiger partial charge in [-0.1, -0.05) is 13.3 Å². The minimum atomic E-state index is -3.29. The molecule has 0 radical (unpaired) electrons. The van der Waals surface area contributed by atoms with E-state index in [9.17, 15) is 8.42 Å². The molecular weight excluding hydrogens is 310 g/mol. The zero-order valence-corrected chi connectivity index (χ0v) is 12.9. The Morgan fingerprint density at radius 2 is 2.12 bits per heavy atom. The smallest absolute Gasteiger partial charge is 0.206 e. The van der Waals surface area contributed by atoms with Gasteiger partial charge in [0.25, 0.3) is 10.0 Å². The van der Waals surface area contributed by atoms with Crippen molar-refractivity contribution in [2.75, 3.05) is 13.6 Å². The lowest BCUT2D eigenvalue weighted by Gasteiger charge is -2.15. The molecule has 92 valence electrons. The van der Waals surface area contributed by atoms with E-state index >= 15 is 0 Å². The second-order valence-electron chi connectivity index (χ2n) is 3.70. The second-order valence-corrected chi connectivity index (χ2v) is 8.34. The van der Waals surface area contributed by atoms with Crippen molar-refractivity contribution < 1.29 is 8.42 Å². The zero-order chi connectivity index (χ0) is 12.3. The molecule has 0 unspecified atom stereocenters. The Kier molecular flexibility index (Phi) is 4.97. The van der Waals surface area contributed by atoms with Gasteiger partial charge < -0.3 is 0 Å². The molecule has 0 spiro atoms. The van der Waals surface area contributed by atoms with Crippen LogP contribution in [0.3, 0.4) is 0 Å². The Bertz CT molecular complexity index is 434. The lowest BCUT2D eigenvalue weighted by Crippen LogP contribution is -2.27. The minimum Gasteiger partial charge on any atom is -0.206 e. The summed E-state index contributed by atoms with van der Waals surface area (Å²) in [6.07, 6.45) is 1.88. The summed E-state index contributed by atoms with van der Waals surface area (Å²) in [5.74, 6) is 0. The number of sulfonamides is 1. The first-order valence-electron chi connectivity index (χ1n) is 5.12. The lowest BCUT2D eigenvalue weighted by atomic mass is 10.3. The summed E-state index contributed by atoms with van der Waals surface area (Å²) in [5.41, 5.74) is 0.965. The van der Waals surface area contributed by atoms with Crippen LogP contribution >= 0.6 is 27.3 Å². The summed E-state index contributed by atoms with van der Waals surface area (Å²) in [5, 5.41) is 0. The molecule has 0 N–H and O–H groups in total. The molecule has 0 saturated heterocycles. The number of halogens is 1. The molecule has 16 heavy (non-hydrogen) atoms. The number of rotatable bonds is 5. The zero-order valence-electron chi connectivity index (χ0n) is 9.66. The number of aryl methyl sites for hydroxylation is 1. The molecule has 0 bridgehead atoms. The topological polar surface area (TPSA) is 37.4 Å². The highest BCUT2D eigenvalue weighted by atomic mass is 79.9. The molecule has 0 aromatic carbocycles. The number of hydrogen-bond acceptors (Lipinski definition) is 3. The highest BCUT2D eigenvalue weighted by Gasteiger charge is 2.23. The average molecular weight is 326 g/mol. The van der Waals surface area contributed by atoms with E-state index in [1.165, 1.54) is 15.6 Å². The van der Waals surface area contributed by atoms with E-state index in [2.05, 4.69) is 15.9 Å². The van der Waals surface area contributed by atoms with Crippen molar-refractivity contribution in [2.45, 2.75) is 30.9 Å². The number of hydrogen-bond donors (Lipinski definition) is 0. The summed E-state index contributed by atoms with van der Waals surface area (Å²) >= 11 is 4.62. The van der Waals surface area contributed by atoms with Gasteiger partial charge in [-0.25, -0.2) is 12.7 Å². The molecular formula is C10H16BrNO2S2. The molecule has 0 aliphatic carbocycles. The van der Waals surface area contributed by atoms with Crippen molar-refractivity contribution in [3.8, 4) is 0 Å². The van der Waals surface area contributed by atoms with Crippen LogP contribution in [-0.4, -0.2) is 26.3 Å². The Morgan fingerprint density at radius 3 is 2.56 bits per heavy atom. The van der Waals surface area contributed by atoms with Crippen molar-refractivity contribution in [1.82, 2.24) is 4.31 Å². The van der Waals surface area contributed by atoms with Gasteiger partial charge in [0.1, 0.15) is 4.21 Å². The van der Waals surface area contributed by atoms with Crippen molar-refractivity contribution in [1.29, 1.82) is 0 Å². The van der Waals surface area contributed by atoms with Gasteiger partial charge in [0, 0.05) is 13.6 Å². The van der Waals surface area contributed by atoms with E-state index in [1.54, 1.807) is 13.1 Å². The first kappa shape index (κ1) is 14.2. The molecule has 3 nitrogen and oxygen atoms in total. The Balaban J connectivity index is 2.93. The lowest BCUT2D eigenvalue weighted by molar-refractivity contribution is 0.461. The van der Waals surface area contributed by atoms with Crippen LogP contribution in [0.5, 0.6) is 0 Å². The molecule has 1 aromatic heterocycles. The van der Waals surface area contributed by atoms with E-state index < -0.39 is 10.0 Å². The summed E-state index contributed by atoms with van der Waals surface area (Å²) in [6, 6.07) is 1.71. The fourth-order valence-electron chi connectivity index (χ4n) is 1.21. The third-order valence-electron chi connectivity index (χ3n) is 2.33. The van der Waals surface area contributed by atoms with Crippen LogP contribution in [0.2, 0.25) is 0 Å². The van der Waals surface area contributed by atoms with E-state index in [0.29, 0.717) is 10.8 Å². The molecule has 0 fully saturated rings. The molecule has 1 heterocycles. The summed E-state index contributed by atoms with van der Waals surface area (Å²) in [7, 11) is -1.66. The first-order valence-corrected chi connectivity index (χ1v) is 8.16. The van der Waals surface area contributed by atoms with Crippen molar-refractivity contribution in [3.05, 3.63) is 15.4 Å². The van der Waals surface area contributed by atoms with E-state index in [4.69, 9.17) is 0 Å². The SMILES string of the molecule is CCCCN(C)S(=O)(=O)c1cc(C)c(Br)s1. The predicted octanol–water partition coefficient (Wildman–Crippen LogP) is 3.24. The second kappa shape index (κ2) is 5.62. The normalized spacial score (nSPS) is 12.3. The van der Waals surface area contributed by atoms with E-state index in [1.807, 2.05) is 13.8 Å². The maximum Gasteiger partial charge on any atom is 0.252 e. The van der Waals surface area contributed by atoms with Crippen molar-refractivity contribution in [2.24, 2.45) is 0 Å². The van der Waals surface area contributed by atoms with E-state index in [-0.39, 0.29) is 0 Å². The Labute approximate surface area is 110 Å². The van der Waals surface area contributed by atoms with Crippen LogP contribution < -0.4 is 0 Å². The molecule has 0 aliphatic rings. The standard InChI is InChI=1S/C10H16BrNO2S2/c1-4-5-6-12(3)16(13,14)9-7-8(2)10(11)15-9/h7H,4-6H2,1-3H3. The highest BCUT2D eigenvalue weighted by molar-refractivity contribution is 9.11. The summed E-state index contributed by atoms with van der Waals surface area (Å²) < 4.78 is 27.0. The predicted molar refractivity (Wildman–Crippen MR) is 71.5 cm³/mol. The summed E-state index contributed by atoms with van der Waals surface area (Å²) in [6.45, 7) is 4.52. The van der Waals surface area contributed by atoms with Crippen molar-refractivity contribution in [3.63, 3.8) is 0 Å². The molecule has 0 atom stereocenters. The van der Waals surface area contributed by atoms with E-state index in [0.717, 1.165) is 22.2 Å². The van der Waals surface area contributed by atoms with Crippen LogP contribution in [0.15, 0.2) is 14.1 Å². The Morgan fingerprint density at radius 1 is 1.50 bits per heavy atom. The number of nitrogens with zero attached hydrogens (tertiary/aromatic N) is 1. The molecule has 6 heteroatoms. The number of thiophene rings is 1. The maximum absolute atomic E-state index is 12.1. The van der Waals surface area contributed by atoms with Crippen molar-refractivity contribution >= 4 is 37.3 Å². The minimum absolute atomic E-state index is 0.412. The van der Waals surface area contributed by atoms with Gasteiger partial charge in [0.05, 0.1) is 3.79 Å². The van der Waals surface area contributed by atoms with Gasteiger partial charge in [-0.3, -0.25) is 0 Å². The van der Waals surface area contributed by atoms with Crippen LogP contribution in [0.25, 0.3) is 0 Å². The third kappa shape index (κ3) is 3.06. The van der Waals surface area contributed by atoms with Crippen LogP contribution in [-0.2, 0) is 10.0 Å². The van der Waals surface area contributed by atoms with Gasteiger partial charge in [0.15, 0.2) is 0 Å². The highest BCUT2D eigenvalue weighted by Crippen LogP contribution is 2.31.